The van der Waals surface area contributed by atoms with Gasteiger partial charge in [0.15, 0.2) is 17.6 Å². The van der Waals surface area contributed by atoms with E-state index in [1.54, 1.807) is 45.4 Å². The second kappa shape index (κ2) is 9.92. The molecule has 5 nitrogen and oxygen atoms in total. The van der Waals surface area contributed by atoms with Crippen molar-refractivity contribution in [3.8, 4) is 17.2 Å². The van der Waals surface area contributed by atoms with Gasteiger partial charge in [-0.05, 0) is 55.7 Å². The Labute approximate surface area is 159 Å². The average molecular weight is 378 g/mol. The fraction of sp³-hybridized carbons (Fsp3) is 0.350. The summed E-state index contributed by atoms with van der Waals surface area (Å²) in [6.45, 7) is 2.28. The van der Waals surface area contributed by atoms with E-state index in [1.165, 1.54) is 0 Å². The second-order valence-electron chi connectivity index (χ2n) is 5.80. The molecular weight excluding hydrogens is 354 g/mol. The summed E-state index contributed by atoms with van der Waals surface area (Å²) in [7, 11) is 3.23. The Bertz CT molecular complexity index is 736. The summed E-state index contributed by atoms with van der Waals surface area (Å²) in [6, 6.07) is 12.8. The summed E-state index contributed by atoms with van der Waals surface area (Å²) >= 11 is 5.91. The maximum atomic E-state index is 12.1. The maximum absolute atomic E-state index is 12.1. The van der Waals surface area contributed by atoms with Crippen molar-refractivity contribution < 1.29 is 19.0 Å². The molecule has 26 heavy (non-hydrogen) atoms. The Hall–Kier alpha value is -2.40. The number of hydrogen-bond acceptors (Lipinski definition) is 4. The van der Waals surface area contributed by atoms with Gasteiger partial charge >= 0.3 is 0 Å². The van der Waals surface area contributed by atoms with Crippen molar-refractivity contribution in [1.29, 1.82) is 0 Å². The van der Waals surface area contributed by atoms with Gasteiger partial charge in [0.25, 0.3) is 5.91 Å². The lowest BCUT2D eigenvalue weighted by atomic mass is 10.1. The number of aryl methyl sites for hydroxylation is 1. The van der Waals surface area contributed by atoms with Crippen LogP contribution in [0.4, 0.5) is 0 Å². The minimum Gasteiger partial charge on any atom is -0.493 e. The van der Waals surface area contributed by atoms with Crippen molar-refractivity contribution in [1.82, 2.24) is 5.32 Å². The second-order valence-corrected chi connectivity index (χ2v) is 6.24. The third-order valence-corrected chi connectivity index (χ3v) is 4.10. The third-order valence-electron chi connectivity index (χ3n) is 3.87. The van der Waals surface area contributed by atoms with E-state index in [9.17, 15) is 4.79 Å². The van der Waals surface area contributed by atoms with Crippen LogP contribution in [-0.4, -0.2) is 32.8 Å². The van der Waals surface area contributed by atoms with E-state index in [0.29, 0.717) is 28.8 Å². The first-order chi connectivity index (χ1) is 12.5. The molecule has 140 valence electrons. The van der Waals surface area contributed by atoms with E-state index in [1.807, 2.05) is 18.2 Å². The summed E-state index contributed by atoms with van der Waals surface area (Å²) < 4.78 is 16.1. The lowest BCUT2D eigenvalue weighted by molar-refractivity contribution is -0.127. The molecule has 0 unspecified atom stereocenters. The highest BCUT2D eigenvalue weighted by Crippen LogP contribution is 2.27. The van der Waals surface area contributed by atoms with Crippen LogP contribution in [0.25, 0.3) is 0 Å². The molecular formula is C20H24ClNO4. The standard InChI is InChI=1S/C20H24ClNO4/c1-14(26-17-8-4-7-16(21)13-17)20(23)22-11-5-6-15-9-10-18(24-2)19(12-15)25-3/h4,7-10,12-14H,5-6,11H2,1-3H3,(H,22,23)/t14-/m0/s1. The van der Waals surface area contributed by atoms with Crippen LogP contribution in [0.3, 0.4) is 0 Å². The van der Waals surface area contributed by atoms with E-state index in [-0.39, 0.29) is 5.91 Å². The summed E-state index contributed by atoms with van der Waals surface area (Å²) in [5.41, 5.74) is 1.13. The summed E-state index contributed by atoms with van der Waals surface area (Å²) in [5, 5.41) is 3.46. The van der Waals surface area contributed by atoms with Gasteiger partial charge in [0, 0.05) is 11.6 Å². The number of halogens is 1. The molecule has 2 aromatic carbocycles. The van der Waals surface area contributed by atoms with Crippen molar-refractivity contribution in [3.63, 3.8) is 0 Å². The predicted octanol–water partition coefficient (Wildman–Crippen LogP) is 3.87. The predicted molar refractivity (Wildman–Crippen MR) is 102 cm³/mol. The molecule has 0 aliphatic rings. The Morgan fingerprint density at radius 2 is 1.88 bits per heavy atom. The number of hydrogen-bond donors (Lipinski definition) is 1. The first-order valence-corrected chi connectivity index (χ1v) is 8.82. The molecule has 1 atom stereocenters. The number of carbonyl (C=O) groups is 1. The molecule has 2 aromatic rings. The monoisotopic (exact) mass is 377 g/mol. The molecule has 0 bridgehead atoms. The van der Waals surface area contributed by atoms with Crippen molar-refractivity contribution >= 4 is 17.5 Å². The van der Waals surface area contributed by atoms with Crippen LogP contribution in [0.2, 0.25) is 5.02 Å². The normalized spacial score (nSPS) is 11.5. The molecule has 1 N–H and O–H groups in total. The highest BCUT2D eigenvalue weighted by Gasteiger charge is 2.14. The molecule has 2 rings (SSSR count). The lowest BCUT2D eigenvalue weighted by Crippen LogP contribution is -2.36. The molecule has 0 spiro atoms. The number of rotatable bonds is 9. The van der Waals surface area contributed by atoms with Crippen molar-refractivity contribution in [2.24, 2.45) is 0 Å². The summed E-state index contributed by atoms with van der Waals surface area (Å²) in [6.07, 6.45) is 1.05. The van der Waals surface area contributed by atoms with Crippen LogP contribution in [0, 0.1) is 0 Å². The van der Waals surface area contributed by atoms with Gasteiger partial charge in [0.1, 0.15) is 5.75 Å². The molecule has 0 heterocycles. The van der Waals surface area contributed by atoms with Gasteiger partial charge in [0.05, 0.1) is 14.2 Å². The summed E-state index contributed by atoms with van der Waals surface area (Å²) in [4.78, 5) is 12.1. The van der Waals surface area contributed by atoms with Gasteiger partial charge in [-0.15, -0.1) is 0 Å². The van der Waals surface area contributed by atoms with Gasteiger partial charge in [-0.2, -0.15) is 0 Å². The van der Waals surface area contributed by atoms with Crippen LogP contribution in [0.15, 0.2) is 42.5 Å². The molecule has 1 amide bonds. The van der Waals surface area contributed by atoms with Crippen molar-refractivity contribution in [3.05, 3.63) is 53.1 Å². The first kappa shape index (κ1) is 19.9. The highest BCUT2D eigenvalue weighted by molar-refractivity contribution is 6.30. The topological polar surface area (TPSA) is 56.8 Å². The Kier molecular flexibility index (Phi) is 7.60. The quantitative estimate of drug-likeness (QED) is 0.674. The fourth-order valence-corrected chi connectivity index (χ4v) is 2.66. The summed E-state index contributed by atoms with van der Waals surface area (Å²) in [5.74, 6) is 1.83. The zero-order valence-corrected chi connectivity index (χ0v) is 16.0. The van der Waals surface area contributed by atoms with Gasteiger partial charge < -0.3 is 19.5 Å². The molecule has 0 saturated carbocycles. The molecule has 0 fully saturated rings. The van der Waals surface area contributed by atoms with Gasteiger partial charge in [-0.3, -0.25) is 4.79 Å². The van der Waals surface area contributed by atoms with E-state index in [2.05, 4.69) is 5.32 Å². The molecule has 0 radical (unpaired) electrons. The average Bonchev–Trinajstić information content (AvgIpc) is 2.64. The van der Waals surface area contributed by atoms with E-state index < -0.39 is 6.10 Å². The van der Waals surface area contributed by atoms with Crippen LogP contribution in [0.1, 0.15) is 18.9 Å². The van der Waals surface area contributed by atoms with E-state index >= 15 is 0 Å². The number of benzene rings is 2. The smallest absolute Gasteiger partial charge is 0.260 e. The molecule has 0 aliphatic carbocycles. The largest absolute Gasteiger partial charge is 0.493 e. The Morgan fingerprint density at radius 3 is 2.58 bits per heavy atom. The molecule has 0 aliphatic heterocycles. The number of methoxy groups -OCH3 is 2. The van der Waals surface area contributed by atoms with Crippen LogP contribution in [-0.2, 0) is 11.2 Å². The molecule has 6 heteroatoms. The van der Waals surface area contributed by atoms with Gasteiger partial charge in [0.2, 0.25) is 0 Å². The Morgan fingerprint density at radius 1 is 1.12 bits per heavy atom. The van der Waals surface area contributed by atoms with Crippen molar-refractivity contribution in [2.75, 3.05) is 20.8 Å². The van der Waals surface area contributed by atoms with Crippen molar-refractivity contribution in [2.45, 2.75) is 25.9 Å². The maximum Gasteiger partial charge on any atom is 0.260 e. The number of nitrogens with one attached hydrogen (secondary N) is 1. The zero-order chi connectivity index (χ0) is 18.9. The van der Waals surface area contributed by atoms with Crippen LogP contribution in [0.5, 0.6) is 17.2 Å². The third kappa shape index (κ3) is 5.85. The Balaban J connectivity index is 1.76. The minimum atomic E-state index is -0.588. The SMILES string of the molecule is COc1ccc(CCCNC(=O)[C@H](C)Oc2cccc(Cl)c2)cc1OC. The van der Waals surface area contributed by atoms with Gasteiger partial charge in [-0.1, -0.05) is 23.7 Å². The minimum absolute atomic E-state index is 0.155. The number of ether oxygens (including phenoxy) is 3. The molecule has 0 aromatic heterocycles. The van der Waals surface area contributed by atoms with Gasteiger partial charge in [-0.25, -0.2) is 0 Å². The lowest BCUT2D eigenvalue weighted by Gasteiger charge is -2.15. The van der Waals surface area contributed by atoms with Crippen LogP contribution < -0.4 is 19.5 Å². The number of carbonyl (C=O) groups excluding carboxylic acids is 1. The van der Waals surface area contributed by atoms with E-state index in [4.69, 9.17) is 25.8 Å². The fourth-order valence-electron chi connectivity index (χ4n) is 2.48. The van der Waals surface area contributed by atoms with Crippen LogP contribution >= 0.6 is 11.6 Å². The molecule has 0 saturated heterocycles. The first-order valence-electron chi connectivity index (χ1n) is 8.44. The zero-order valence-electron chi connectivity index (χ0n) is 15.3. The van der Waals surface area contributed by atoms with E-state index in [0.717, 1.165) is 18.4 Å². The number of amides is 1. The highest BCUT2D eigenvalue weighted by atomic mass is 35.5.